The molecule has 0 aromatic heterocycles. The maximum atomic E-state index is 13.6. The van der Waals surface area contributed by atoms with Crippen LogP contribution in [0.5, 0.6) is 0 Å². The summed E-state index contributed by atoms with van der Waals surface area (Å²) in [5, 5.41) is 3.49. The van der Waals surface area contributed by atoms with E-state index < -0.39 is 0 Å². The van der Waals surface area contributed by atoms with Gasteiger partial charge in [0.05, 0.1) is 19.1 Å². The Morgan fingerprint density at radius 3 is 2.12 bits per heavy atom. The largest absolute Gasteiger partial charge is 0.330 e. The van der Waals surface area contributed by atoms with Crippen LogP contribution in [0.15, 0.2) is 48.5 Å². The molecule has 2 aliphatic heterocycles. The number of alkyl halides is 1. The number of hydrogen-bond donors (Lipinski definition) is 1. The highest BCUT2D eigenvalue weighted by atomic mass is 35.5. The summed E-state index contributed by atoms with van der Waals surface area (Å²) in [7, 11) is 0. The molecule has 5 nitrogen and oxygen atoms in total. The number of hydrogen-bond acceptors (Lipinski definition) is 4. The van der Waals surface area contributed by atoms with Gasteiger partial charge in [0.1, 0.15) is 30.1 Å². The maximum Gasteiger partial charge on any atom is 0.330 e. The van der Waals surface area contributed by atoms with Crippen LogP contribution in [0.25, 0.3) is 0 Å². The lowest BCUT2D eigenvalue weighted by Gasteiger charge is -2.56. The van der Waals surface area contributed by atoms with Crippen LogP contribution in [0.1, 0.15) is 25.0 Å². The van der Waals surface area contributed by atoms with Crippen LogP contribution < -0.4 is 5.32 Å². The molecular weight excluding hydrogens is 458 g/mol. The molecule has 184 valence electrons. The fourth-order valence-electron chi connectivity index (χ4n) is 5.68. The highest BCUT2D eigenvalue weighted by Crippen LogP contribution is 2.32. The number of amides is 1. The highest BCUT2D eigenvalue weighted by molar-refractivity contribution is 6.26. The topological polar surface area (TPSA) is 35.6 Å². The molecule has 0 saturated carbocycles. The smallest absolute Gasteiger partial charge is 0.309 e. The van der Waals surface area contributed by atoms with Gasteiger partial charge in [0.2, 0.25) is 0 Å². The molecule has 1 N–H and O–H groups in total. The second-order valence-corrected chi connectivity index (χ2v) is 9.94. The van der Waals surface area contributed by atoms with Crippen molar-refractivity contribution >= 4 is 17.5 Å². The zero-order valence-electron chi connectivity index (χ0n) is 19.9. The monoisotopic (exact) mass is 491 g/mol. The van der Waals surface area contributed by atoms with Crippen molar-refractivity contribution in [1.82, 2.24) is 15.1 Å². The summed E-state index contributed by atoms with van der Waals surface area (Å²) in [5.74, 6) is -0.477. The van der Waals surface area contributed by atoms with Crippen LogP contribution in [0, 0.1) is 11.6 Å². The van der Waals surface area contributed by atoms with Gasteiger partial charge in [0.15, 0.2) is 6.17 Å². The molecule has 2 aliphatic rings. The number of carbonyl (C=O) groups excluding carboxylic acids is 1. The average Bonchev–Trinajstić information content (AvgIpc) is 2.84. The van der Waals surface area contributed by atoms with Crippen molar-refractivity contribution in [2.24, 2.45) is 0 Å². The first-order chi connectivity index (χ1) is 16.3. The fourth-order valence-corrected chi connectivity index (χ4v) is 5.90. The second-order valence-electron chi connectivity index (χ2n) is 9.68. The lowest BCUT2D eigenvalue weighted by Crippen LogP contribution is -2.78. The number of benzene rings is 2. The number of carbonyl (C=O) groups is 1. The van der Waals surface area contributed by atoms with E-state index in [9.17, 15) is 13.6 Å². The van der Waals surface area contributed by atoms with Gasteiger partial charge in [0, 0.05) is 26.2 Å². The summed E-state index contributed by atoms with van der Waals surface area (Å²) in [6, 6.07) is 13.4. The predicted molar refractivity (Wildman–Crippen MR) is 130 cm³/mol. The highest BCUT2D eigenvalue weighted by Gasteiger charge is 2.54. The molecule has 4 atom stereocenters. The van der Waals surface area contributed by atoms with E-state index in [0.29, 0.717) is 30.7 Å². The summed E-state index contributed by atoms with van der Waals surface area (Å²) < 4.78 is 27.1. The Morgan fingerprint density at radius 2 is 1.56 bits per heavy atom. The lowest BCUT2D eigenvalue weighted by atomic mass is 9.99. The van der Waals surface area contributed by atoms with E-state index in [1.165, 1.54) is 24.3 Å². The summed E-state index contributed by atoms with van der Waals surface area (Å²) in [4.78, 5) is 18.3. The third-order valence-electron chi connectivity index (χ3n) is 7.51. The minimum atomic E-state index is -0.249. The van der Waals surface area contributed by atoms with Crippen LogP contribution in [0.2, 0.25) is 0 Å². The van der Waals surface area contributed by atoms with Crippen molar-refractivity contribution in [2.45, 2.75) is 45.2 Å². The molecule has 1 amide bonds. The van der Waals surface area contributed by atoms with Crippen LogP contribution in [-0.4, -0.2) is 77.0 Å². The van der Waals surface area contributed by atoms with Gasteiger partial charge in [-0.3, -0.25) is 4.90 Å². The molecule has 0 radical (unpaired) electrons. The number of rotatable bonds is 6. The number of quaternary nitrogens is 1. The molecule has 2 heterocycles. The van der Waals surface area contributed by atoms with Crippen molar-refractivity contribution in [3.63, 3.8) is 0 Å². The quantitative estimate of drug-likeness (QED) is 0.495. The molecule has 2 aromatic carbocycles. The molecule has 0 bridgehead atoms. The molecule has 2 saturated heterocycles. The van der Waals surface area contributed by atoms with Gasteiger partial charge in [-0.15, -0.1) is 11.6 Å². The van der Waals surface area contributed by atoms with Gasteiger partial charge in [-0.05, 0) is 49.2 Å². The first kappa shape index (κ1) is 25.2. The maximum absolute atomic E-state index is 13.6. The van der Waals surface area contributed by atoms with E-state index in [0.717, 1.165) is 30.8 Å². The van der Waals surface area contributed by atoms with E-state index in [4.69, 9.17) is 11.6 Å². The minimum Gasteiger partial charge on any atom is -0.309 e. The molecule has 2 unspecified atom stereocenters. The SMILES string of the molecule is CC1CN(Cc2ccc(F)cc2)[C@@H](C)C[N+]1(C(=O)CCl)[C@@H]1CNCCN1Cc1ccc(F)cc1. The molecule has 0 aliphatic carbocycles. The Labute approximate surface area is 205 Å². The molecule has 8 heteroatoms. The second kappa shape index (κ2) is 10.8. The van der Waals surface area contributed by atoms with E-state index >= 15 is 0 Å². The predicted octanol–water partition coefficient (Wildman–Crippen LogP) is 3.57. The van der Waals surface area contributed by atoms with E-state index in [2.05, 4.69) is 29.0 Å². The van der Waals surface area contributed by atoms with Gasteiger partial charge in [-0.1, -0.05) is 24.3 Å². The Balaban J connectivity index is 1.59. The van der Waals surface area contributed by atoms with Crippen molar-refractivity contribution in [3.05, 3.63) is 71.3 Å². The van der Waals surface area contributed by atoms with Gasteiger partial charge in [0.25, 0.3) is 0 Å². The zero-order chi connectivity index (χ0) is 24.3. The van der Waals surface area contributed by atoms with Crippen LogP contribution >= 0.6 is 11.6 Å². The van der Waals surface area contributed by atoms with Gasteiger partial charge in [-0.25, -0.2) is 23.0 Å². The van der Waals surface area contributed by atoms with Gasteiger partial charge < -0.3 is 5.32 Å². The Bertz CT molecular complexity index is 974. The normalized spacial score (nSPS) is 28.7. The zero-order valence-corrected chi connectivity index (χ0v) is 20.6. The number of nitrogens with one attached hydrogen (secondary N) is 1. The molecule has 2 aromatic rings. The summed E-state index contributed by atoms with van der Waals surface area (Å²) in [6.45, 7) is 9.39. The number of piperazine rings is 2. The van der Waals surface area contributed by atoms with E-state index in [1.807, 2.05) is 24.3 Å². The van der Waals surface area contributed by atoms with Crippen LogP contribution in [0.4, 0.5) is 8.78 Å². The lowest BCUT2D eigenvalue weighted by molar-refractivity contribution is -0.919. The van der Waals surface area contributed by atoms with Gasteiger partial charge in [-0.2, -0.15) is 0 Å². The van der Waals surface area contributed by atoms with Crippen molar-refractivity contribution in [3.8, 4) is 0 Å². The third kappa shape index (κ3) is 5.19. The first-order valence-corrected chi connectivity index (χ1v) is 12.5. The summed E-state index contributed by atoms with van der Waals surface area (Å²) in [5.41, 5.74) is 2.09. The minimum absolute atomic E-state index is 0.0310. The standard InChI is InChI=1S/C26H34ClF2N4O/c1-19-18-33(26(34)13-27,20(2)15-32(19)17-22-5-9-24(29)10-6-22)25-14-30-11-12-31(25)16-21-3-7-23(28)8-4-21/h3-10,19-20,25,30H,11-18H2,1-2H3/q+1/t19-,20?,25+,33?/m0/s1. The molecular formula is C26H34ClF2N4O+. The fraction of sp³-hybridized carbons (Fsp3) is 0.500. The molecule has 34 heavy (non-hydrogen) atoms. The van der Waals surface area contributed by atoms with E-state index in [1.54, 1.807) is 0 Å². The Kier molecular flexibility index (Phi) is 8.00. The van der Waals surface area contributed by atoms with Crippen LogP contribution in [0.3, 0.4) is 0 Å². The Morgan fingerprint density at radius 1 is 1.00 bits per heavy atom. The third-order valence-corrected chi connectivity index (χ3v) is 7.74. The molecule has 0 spiro atoms. The Hall–Kier alpha value is -1.90. The summed E-state index contributed by atoms with van der Waals surface area (Å²) >= 11 is 6.22. The number of nitrogens with zero attached hydrogens (tertiary/aromatic N) is 3. The van der Waals surface area contributed by atoms with Crippen molar-refractivity contribution in [2.75, 3.05) is 38.6 Å². The summed E-state index contributed by atoms with van der Waals surface area (Å²) in [6.07, 6.45) is -0.0597. The molecule has 2 fully saturated rings. The van der Waals surface area contributed by atoms with Crippen LogP contribution in [-0.2, 0) is 17.9 Å². The molecule has 4 rings (SSSR count). The van der Waals surface area contributed by atoms with E-state index in [-0.39, 0.29) is 41.7 Å². The van der Waals surface area contributed by atoms with Crippen molar-refractivity contribution < 1.29 is 18.1 Å². The van der Waals surface area contributed by atoms with Crippen molar-refractivity contribution in [1.29, 1.82) is 0 Å². The first-order valence-electron chi connectivity index (χ1n) is 12.0. The number of halogens is 3. The van der Waals surface area contributed by atoms with Gasteiger partial charge >= 0.3 is 5.91 Å². The average molecular weight is 492 g/mol.